The zero-order valence-corrected chi connectivity index (χ0v) is 14.1. The van der Waals surface area contributed by atoms with E-state index in [1.165, 1.54) is 18.4 Å². The third kappa shape index (κ3) is 3.45. The molecule has 24 heavy (non-hydrogen) atoms. The maximum absolute atomic E-state index is 6.43. The summed E-state index contributed by atoms with van der Waals surface area (Å²) in [6.45, 7) is 2.75. The van der Waals surface area contributed by atoms with E-state index in [0.717, 1.165) is 37.0 Å². The van der Waals surface area contributed by atoms with Gasteiger partial charge in [-0.1, -0.05) is 36.4 Å². The number of nitrogens with zero attached hydrogens (tertiary/aromatic N) is 2. The van der Waals surface area contributed by atoms with E-state index in [-0.39, 0.29) is 6.10 Å². The van der Waals surface area contributed by atoms with Crippen molar-refractivity contribution in [3.8, 4) is 5.88 Å². The van der Waals surface area contributed by atoms with Crippen molar-refractivity contribution < 1.29 is 9.47 Å². The number of rotatable bonds is 5. The number of pyridine rings is 1. The van der Waals surface area contributed by atoms with Crippen LogP contribution in [0.1, 0.15) is 30.1 Å². The summed E-state index contributed by atoms with van der Waals surface area (Å²) in [6.07, 6.45) is 4.87. The minimum absolute atomic E-state index is 0.146. The molecular weight excluding hydrogens is 300 g/mol. The standard InChI is InChI=1S/C20H24N2O2/c1-23-20-17(8-5-11-21-20)12-22-13-18(15-6-3-2-4-7-15)24-19(14-22)16-9-10-16/h2-8,11,16,18-19H,9-10,12-14H2,1H3/t18-,19+/m0/s1. The van der Waals surface area contributed by atoms with Gasteiger partial charge in [0.15, 0.2) is 0 Å². The van der Waals surface area contributed by atoms with E-state index < -0.39 is 0 Å². The van der Waals surface area contributed by atoms with Crippen molar-refractivity contribution in [1.82, 2.24) is 9.88 Å². The minimum Gasteiger partial charge on any atom is -0.481 e. The first-order valence-electron chi connectivity index (χ1n) is 8.74. The predicted octanol–water partition coefficient (Wildman–Crippen LogP) is 3.44. The fraction of sp³-hybridized carbons (Fsp3) is 0.450. The van der Waals surface area contributed by atoms with Gasteiger partial charge in [-0.2, -0.15) is 0 Å². The van der Waals surface area contributed by atoms with Gasteiger partial charge in [0.2, 0.25) is 5.88 Å². The van der Waals surface area contributed by atoms with E-state index in [9.17, 15) is 0 Å². The zero-order valence-electron chi connectivity index (χ0n) is 14.1. The van der Waals surface area contributed by atoms with Gasteiger partial charge in [-0.05, 0) is 30.4 Å². The van der Waals surface area contributed by atoms with Gasteiger partial charge in [-0.25, -0.2) is 4.98 Å². The second-order valence-electron chi connectivity index (χ2n) is 6.78. The van der Waals surface area contributed by atoms with Crippen molar-refractivity contribution in [1.29, 1.82) is 0 Å². The normalized spacial score (nSPS) is 24.7. The molecule has 1 aliphatic carbocycles. The Labute approximate surface area is 143 Å². The topological polar surface area (TPSA) is 34.6 Å². The van der Waals surface area contributed by atoms with Gasteiger partial charge < -0.3 is 9.47 Å². The first-order valence-corrected chi connectivity index (χ1v) is 8.74. The van der Waals surface area contributed by atoms with Crippen LogP contribution >= 0.6 is 0 Å². The number of morpholine rings is 1. The molecule has 1 aromatic carbocycles. The van der Waals surface area contributed by atoms with Crippen molar-refractivity contribution in [2.45, 2.75) is 31.6 Å². The van der Waals surface area contributed by atoms with Crippen LogP contribution in [0.2, 0.25) is 0 Å². The average molecular weight is 324 g/mol. The van der Waals surface area contributed by atoms with Gasteiger partial charge in [0.05, 0.1) is 19.3 Å². The highest BCUT2D eigenvalue weighted by Gasteiger charge is 2.38. The lowest BCUT2D eigenvalue weighted by molar-refractivity contribution is -0.0987. The number of methoxy groups -OCH3 is 1. The van der Waals surface area contributed by atoms with Crippen LogP contribution in [-0.2, 0) is 11.3 Å². The van der Waals surface area contributed by atoms with Crippen molar-refractivity contribution >= 4 is 0 Å². The molecule has 2 heterocycles. The van der Waals surface area contributed by atoms with Gasteiger partial charge >= 0.3 is 0 Å². The third-order valence-electron chi connectivity index (χ3n) is 4.96. The van der Waals surface area contributed by atoms with E-state index in [2.05, 4.69) is 46.3 Å². The van der Waals surface area contributed by atoms with Crippen LogP contribution in [0, 0.1) is 5.92 Å². The molecule has 2 aliphatic rings. The van der Waals surface area contributed by atoms with Gasteiger partial charge in [-0.3, -0.25) is 4.90 Å². The van der Waals surface area contributed by atoms with Crippen LogP contribution in [0.3, 0.4) is 0 Å². The molecule has 1 saturated carbocycles. The fourth-order valence-electron chi connectivity index (χ4n) is 3.54. The Morgan fingerprint density at radius 1 is 1.12 bits per heavy atom. The zero-order chi connectivity index (χ0) is 16.4. The van der Waals surface area contributed by atoms with Crippen LogP contribution in [0.25, 0.3) is 0 Å². The average Bonchev–Trinajstić information content (AvgIpc) is 3.48. The minimum atomic E-state index is 0.146. The summed E-state index contributed by atoms with van der Waals surface area (Å²) in [4.78, 5) is 6.82. The number of aromatic nitrogens is 1. The highest BCUT2D eigenvalue weighted by atomic mass is 16.5. The van der Waals surface area contributed by atoms with E-state index in [0.29, 0.717) is 6.10 Å². The lowest BCUT2D eigenvalue weighted by atomic mass is 10.0. The molecule has 1 saturated heterocycles. The van der Waals surface area contributed by atoms with Crippen LogP contribution in [0.5, 0.6) is 5.88 Å². The van der Waals surface area contributed by atoms with Gasteiger partial charge in [-0.15, -0.1) is 0 Å². The van der Waals surface area contributed by atoms with Crippen molar-refractivity contribution in [3.63, 3.8) is 0 Å². The molecule has 0 amide bonds. The molecular formula is C20H24N2O2. The number of hydrogen-bond acceptors (Lipinski definition) is 4. The molecule has 4 rings (SSSR count). The maximum Gasteiger partial charge on any atom is 0.217 e. The Morgan fingerprint density at radius 3 is 2.71 bits per heavy atom. The lowest BCUT2D eigenvalue weighted by Crippen LogP contribution is -2.44. The highest BCUT2D eigenvalue weighted by molar-refractivity contribution is 5.25. The summed E-state index contributed by atoms with van der Waals surface area (Å²) in [6, 6.07) is 14.7. The molecule has 1 aliphatic heterocycles. The quantitative estimate of drug-likeness (QED) is 0.844. The Bertz CT molecular complexity index is 672. The maximum atomic E-state index is 6.43. The summed E-state index contributed by atoms with van der Waals surface area (Å²) in [7, 11) is 1.69. The molecule has 0 N–H and O–H groups in total. The molecule has 0 spiro atoms. The fourth-order valence-corrected chi connectivity index (χ4v) is 3.54. The van der Waals surface area contributed by atoms with E-state index in [1.54, 1.807) is 13.3 Å². The van der Waals surface area contributed by atoms with Gasteiger partial charge in [0, 0.05) is 31.4 Å². The first kappa shape index (κ1) is 15.6. The van der Waals surface area contributed by atoms with Crippen LogP contribution < -0.4 is 4.74 Å². The lowest BCUT2D eigenvalue weighted by Gasteiger charge is -2.38. The SMILES string of the molecule is COc1ncccc1CN1C[C@@H](c2ccccc2)O[C@@H](C2CC2)C1. The van der Waals surface area contributed by atoms with E-state index in [4.69, 9.17) is 9.47 Å². The summed E-state index contributed by atoms with van der Waals surface area (Å²) in [5.74, 6) is 1.46. The molecule has 4 nitrogen and oxygen atoms in total. The number of hydrogen-bond donors (Lipinski definition) is 0. The van der Waals surface area contributed by atoms with Crippen LogP contribution in [0.15, 0.2) is 48.7 Å². The molecule has 0 radical (unpaired) electrons. The van der Waals surface area contributed by atoms with E-state index in [1.807, 2.05) is 6.07 Å². The van der Waals surface area contributed by atoms with Gasteiger partial charge in [0.1, 0.15) is 0 Å². The van der Waals surface area contributed by atoms with Crippen molar-refractivity contribution in [2.75, 3.05) is 20.2 Å². The van der Waals surface area contributed by atoms with Gasteiger partial charge in [0.25, 0.3) is 0 Å². The van der Waals surface area contributed by atoms with E-state index >= 15 is 0 Å². The van der Waals surface area contributed by atoms with Crippen molar-refractivity contribution in [2.24, 2.45) is 5.92 Å². The molecule has 2 aromatic rings. The Kier molecular flexibility index (Phi) is 4.50. The summed E-state index contributed by atoms with van der Waals surface area (Å²) in [5.41, 5.74) is 2.41. The molecule has 1 aromatic heterocycles. The van der Waals surface area contributed by atoms with Crippen molar-refractivity contribution in [3.05, 3.63) is 59.8 Å². The monoisotopic (exact) mass is 324 g/mol. The Hall–Kier alpha value is -1.91. The summed E-state index contributed by atoms with van der Waals surface area (Å²) in [5, 5.41) is 0. The van der Waals surface area contributed by atoms with Crippen LogP contribution in [-0.4, -0.2) is 36.2 Å². The summed E-state index contributed by atoms with van der Waals surface area (Å²) >= 11 is 0. The van der Waals surface area contributed by atoms with Crippen LogP contribution in [0.4, 0.5) is 0 Å². The molecule has 0 unspecified atom stereocenters. The molecule has 4 heteroatoms. The molecule has 0 bridgehead atoms. The largest absolute Gasteiger partial charge is 0.481 e. The molecule has 2 atom stereocenters. The first-order chi connectivity index (χ1) is 11.8. The second kappa shape index (κ2) is 6.91. The highest BCUT2D eigenvalue weighted by Crippen LogP contribution is 2.39. The Morgan fingerprint density at radius 2 is 1.96 bits per heavy atom. The number of benzene rings is 1. The molecule has 2 fully saturated rings. The molecule has 126 valence electrons. The second-order valence-corrected chi connectivity index (χ2v) is 6.78. The predicted molar refractivity (Wildman–Crippen MR) is 92.8 cm³/mol. The smallest absolute Gasteiger partial charge is 0.217 e. The third-order valence-corrected chi connectivity index (χ3v) is 4.96. The summed E-state index contributed by atoms with van der Waals surface area (Å²) < 4.78 is 11.8. The Balaban J connectivity index is 1.53. The number of ether oxygens (including phenoxy) is 2.